The average Bonchev–Trinajstić information content (AvgIpc) is 2.91. The number of carbonyl (C=O) groups is 2. The van der Waals surface area contributed by atoms with E-state index in [2.05, 4.69) is 5.32 Å². The van der Waals surface area contributed by atoms with Crippen LogP contribution in [-0.4, -0.2) is 21.7 Å². The normalized spacial score (nSPS) is 11.4. The molecule has 3 aromatic rings. The highest BCUT2D eigenvalue weighted by Gasteiger charge is 2.18. The first-order valence-corrected chi connectivity index (χ1v) is 9.20. The Morgan fingerprint density at radius 2 is 1.86 bits per heavy atom. The summed E-state index contributed by atoms with van der Waals surface area (Å²) in [5.74, 6) is -0.416. The minimum atomic E-state index is -1.46. The van der Waals surface area contributed by atoms with Crippen molar-refractivity contribution in [1.82, 2.24) is 4.57 Å². The second-order valence-corrected chi connectivity index (χ2v) is 8.09. The van der Waals surface area contributed by atoms with Gasteiger partial charge < -0.3 is 19.7 Å². The van der Waals surface area contributed by atoms with Gasteiger partial charge in [0, 0.05) is 29.1 Å². The molecule has 0 unspecified atom stereocenters. The number of ether oxygens (including phenoxy) is 1. The van der Waals surface area contributed by atoms with Gasteiger partial charge in [0.2, 0.25) is 11.8 Å². The molecular formula is C22H23FN2O4. The summed E-state index contributed by atoms with van der Waals surface area (Å²) in [6, 6.07) is 13.1. The van der Waals surface area contributed by atoms with Crippen LogP contribution in [0.3, 0.4) is 0 Å². The minimum absolute atomic E-state index is 0.0777. The second-order valence-electron chi connectivity index (χ2n) is 8.09. The molecule has 3 rings (SSSR count). The maximum Gasteiger partial charge on any atom is 0.512 e. The fourth-order valence-corrected chi connectivity index (χ4v) is 3.14. The third-order valence-corrected chi connectivity index (χ3v) is 4.32. The van der Waals surface area contributed by atoms with Gasteiger partial charge in [-0.3, -0.25) is 4.79 Å². The molecule has 1 amide bonds. The molecule has 2 N–H and O–H groups in total. The Hall–Kier alpha value is -3.35. The van der Waals surface area contributed by atoms with Crippen LogP contribution in [0.25, 0.3) is 10.9 Å². The standard InChI is InChI=1S/C22H23FN2O4/c1-22(2,3)12-19(26)24-16-8-9-18-15(10-16)11-20(29-21(27)28)25(18)13-14-6-4-5-7-17(14)23/h4-11H,12-13H2,1-3H3,(H,24,26)(H,27,28). The van der Waals surface area contributed by atoms with Crippen LogP contribution in [0.4, 0.5) is 14.9 Å². The number of halogens is 1. The van der Waals surface area contributed by atoms with Gasteiger partial charge in [0.25, 0.3) is 0 Å². The number of anilines is 1. The molecule has 0 aliphatic carbocycles. The first-order chi connectivity index (χ1) is 13.6. The topological polar surface area (TPSA) is 80.6 Å². The third-order valence-electron chi connectivity index (χ3n) is 4.32. The van der Waals surface area contributed by atoms with Crippen molar-refractivity contribution in [3.8, 4) is 5.88 Å². The van der Waals surface area contributed by atoms with Crippen molar-refractivity contribution in [3.05, 3.63) is 59.9 Å². The SMILES string of the molecule is CC(C)(C)CC(=O)Nc1ccc2c(c1)cc(OC(=O)O)n2Cc1ccccc1F. The molecular weight excluding hydrogens is 375 g/mol. The largest absolute Gasteiger partial charge is 0.512 e. The van der Waals surface area contributed by atoms with Gasteiger partial charge in [-0.15, -0.1) is 0 Å². The Kier molecular flexibility index (Phi) is 5.59. The van der Waals surface area contributed by atoms with Crippen molar-refractivity contribution in [2.24, 2.45) is 5.41 Å². The maximum atomic E-state index is 14.1. The molecule has 1 heterocycles. The summed E-state index contributed by atoms with van der Waals surface area (Å²) in [5.41, 5.74) is 1.53. The molecule has 7 heteroatoms. The van der Waals surface area contributed by atoms with E-state index in [0.717, 1.165) is 0 Å². The molecule has 0 fully saturated rings. The Bertz CT molecular complexity index is 1070. The Labute approximate surface area is 167 Å². The van der Waals surface area contributed by atoms with Crippen LogP contribution in [-0.2, 0) is 11.3 Å². The Balaban J connectivity index is 1.96. The lowest BCUT2D eigenvalue weighted by atomic mass is 9.92. The van der Waals surface area contributed by atoms with Crippen molar-refractivity contribution >= 4 is 28.7 Å². The summed E-state index contributed by atoms with van der Waals surface area (Å²) in [7, 11) is 0. The predicted molar refractivity (Wildman–Crippen MR) is 109 cm³/mol. The smallest absolute Gasteiger partial charge is 0.449 e. The van der Waals surface area contributed by atoms with Crippen LogP contribution in [0, 0.1) is 11.2 Å². The van der Waals surface area contributed by atoms with Crippen LogP contribution >= 0.6 is 0 Å². The second kappa shape index (κ2) is 7.95. The number of carboxylic acid groups (broad SMARTS) is 1. The van der Waals surface area contributed by atoms with Crippen LogP contribution < -0.4 is 10.1 Å². The zero-order valence-corrected chi connectivity index (χ0v) is 16.5. The van der Waals surface area contributed by atoms with Crippen molar-refractivity contribution in [3.63, 3.8) is 0 Å². The van der Waals surface area contributed by atoms with Gasteiger partial charge in [0.1, 0.15) is 5.82 Å². The van der Waals surface area contributed by atoms with Gasteiger partial charge in [-0.2, -0.15) is 0 Å². The number of nitrogens with one attached hydrogen (secondary N) is 1. The molecule has 2 aromatic carbocycles. The number of amides is 1. The number of hydrogen-bond acceptors (Lipinski definition) is 3. The molecule has 0 spiro atoms. The molecule has 0 aliphatic rings. The van der Waals surface area contributed by atoms with E-state index in [0.29, 0.717) is 28.6 Å². The fourth-order valence-electron chi connectivity index (χ4n) is 3.14. The predicted octanol–water partition coefficient (Wildman–Crippen LogP) is 5.26. The van der Waals surface area contributed by atoms with E-state index < -0.39 is 6.16 Å². The highest BCUT2D eigenvalue weighted by atomic mass is 19.1. The van der Waals surface area contributed by atoms with E-state index in [1.54, 1.807) is 47.0 Å². The lowest BCUT2D eigenvalue weighted by molar-refractivity contribution is -0.117. The highest BCUT2D eigenvalue weighted by Crippen LogP contribution is 2.30. The number of hydrogen-bond donors (Lipinski definition) is 2. The number of fused-ring (bicyclic) bond motifs is 1. The molecule has 1 aromatic heterocycles. The first-order valence-electron chi connectivity index (χ1n) is 9.20. The monoisotopic (exact) mass is 398 g/mol. The zero-order valence-electron chi connectivity index (χ0n) is 16.5. The van der Waals surface area contributed by atoms with Crippen LogP contribution in [0.15, 0.2) is 48.5 Å². The molecule has 152 valence electrons. The summed E-state index contributed by atoms with van der Waals surface area (Å²) >= 11 is 0. The molecule has 0 atom stereocenters. The van der Waals surface area contributed by atoms with Gasteiger partial charge in [0.05, 0.1) is 12.1 Å². The summed E-state index contributed by atoms with van der Waals surface area (Å²) in [5, 5.41) is 12.6. The molecule has 0 bridgehead atoms. The highest BCUT2D eigenvalue weighted by molar-refractivity contribution is 5.94. The lowest BCUT2D eigenvalue weighted by Gasteiger charge is -2.17. The molecule has 6 nitrogen and oxygen atoms in total. The number of aromatic nitrogens is 1. The van der Waals surface area contributed by atoms with E-state index in [9.17, 15) is 14.0 Å². The van der Waals surface area contributed by atoms with Crippen LogP contribution in [0.5, 0.6) is 5.88 Å². The van der Waals surface area contributed by atoms with E-state index >= 15 is 0 Å². The summed E-state index contributed by atoms with van der Waals surface area (Å²) in [6.07, 6.45) is -1.09. The van der Waals surface area contributed by atoms with Gasteiger partial charge in [0.15, 0.2) is 0 Å². The Morgan fingerprint density at radius 3 is 2.52 bits per heavy atom. The van der Waals surface area contributed by atoms with Gasteiger partial charge in [-0.1, -0.05) is 39.0 Å². The number of benzene rings is 2. The van der Waals surface area contributed by atoms with Gasteiger partial charge >= 0.3 is 6.16 Å². The van der Waals surface area contributed by atoms with Crippen molar-refractivity contribution in [2.75, 3.05) is 5.32 Å². The summed E-state index contributed by atoms with van der Waals surface area (Å²) in [6.45, 7) is 6.05. The number of rotatable bonds is 5. The van der Waals surface area contributed by atoms with Crippen molar-refractivity contribution in [2.45, 2.75) is 33.7 Å². The third kappa shape index (κ3) is 5.13. The minimum Gasteiger partial charge on any atom is -0.449 e. The van der Waals surface area contributed by atoms with Gasteiger partial charge in [-0.05, 0) is 29.7 Å². The average molecular weight is 398 g/mol. The quantitative estimate of drug-likeness (QED) is 0.575. The lowest BCUT2D eigenvalue weighted by Crippen LogP contribution is -2.19. The van der Waals surface area contributed by atoms with E-state index in [1.165, 1.54) is 6.07 Å². The Morgan fingerprint density at radius 1 is 1.14 bits per heavy atom. The van der Waals surface area contributed by atoms with Crippen molar-refractivity contribution in [1.29, 1.82) is 0 Å². The van der Waals surface area contributed by atoms with Crippen LogP contribution in [0.1, 0.15) is 32.8 Å². The van der Waals surface area contributed by atoms with Crippen molar-refractivity contribution < 1.29 is 23.8 Å². The van der Waals surface area contributed by atoms with E-state index in [-0.39, 0.29) is 29.6 Å². The number of nitrogens with zero attached hydrogens (tertiary/aromatic N) is 1. The first kappa shape index (κ1) is 20.4. The summed E-state index contributed by atoms with van der Waals surface area (Å²) < 4.78 is 20.6. The van der Waals surface area contributed by atoms with E-state index in [1.807, 2.05) is 20.8 Å². The van der Waals surface area contributed by atoms with Gasteiger partial charge in [-0.25, -0.2) is 9.18 Å². The molecule has 0 radical (unpaired) electrons. The van der Waals surface area contributed by atoms with Crippen LogP contribution in [0.2, 0.25) is 0 Å². The van der Waals surface area contributed by atoms with E-state index in [4.69, 9.17) is 9.84 Å². The molecule has 0 aliphatic heterocycles. The number of carbonyl (C=O) groups excluding carboxylic acids is 1. The molecule has 0 saturated heterocycles. The molecule has 29 heavy (non-hydrogen) atoms. The summed E-state index contributed by atoms with van der Waals surface area (Å²) in [4.78, 5) is 23.3. The fraction of sp³-hybridized carbons (Fsp3) is 0.273. The molecule has 0 saturated carbocycles. The zero-order chi connectivity index (χ0) is 21.2. The maximum absolute atomic E-state index is 14.1.